The molecule has 0 bridgehead atoms. The van der Waals surface area contributed by atoms with Crippen LogP contribution in [0.3, 0.4) is 0 Å². The SMILES string of the molecule is COC(=O)CCCCC1SCC2(O)NC(=O)NC12. The van der Waals surface area contributed by atoms with E-state index in [1.807, 2.05) is 0 Å². The van der Waals surface area contributed by atoms with Gasteiger partial charge in [0.25, 0.3) is 0 Å². The summed E-state index contributed by atoms with van der Waals surface area (Å²) in [5, 5.41) is 15.7. The van der Waals surface area contributed by atoms with Crippen molar-refractivity contribution in [2.75, 3.05) is 12.9 Å². The van der Waals surface area contributed by atoms with E-state index < -0.39 is 5.72 Å². The molecule has 2 fully saturated rings. The van der Waals surface area contributed by atoms with Crippen molar-refractivity contribution in [1.29, 1.82) is 0 Å². The molecule has 6 nitrogen and oxygen atoms in total. The molecule has 2 heterocycles. The fourth-order valence-electron chi connectivity index (χ4n) is 2.39. The number of carbonyl (C=O) groups excluding carboxylic acids is 2. The minimum atomic E-state index is -1.10. The van der Waals surface area contributed by atoms with Crippen molar-refractivity contribution in [2.45, 2.75) is 42.7 Å². The summed E-state index contributed by atoms with van der Waals surface area (Å²) < 4.78 is 4.57. The Kier molecular flexibility index (Phi) is 4.01. The fourth-order valence-corrected chi connectivity index (χ4v) is 3.93. The summed E-state index contributed by atoms with van der Waals surface area (Å²) in [7, 11) is 1.38. The summed E-state index contributed by atoms with van der Waals surface area (Å²) in [5.74, 6) is 0.319. The number of amides is 2. The maximum absolute atomic E-state index is 11.2. The molecule has 18 heavy (non-hydrogen) atoms. The second-order valence-electron chi connectivity index (χ2n) is 4.67. The van der Waals surface area contributed by atoms with Crippen LogP contribution in [0.1, 0.15) is 25.7 Å². The molecule has 2 saturated heterocycles. The smallest absolute Gasteiger partial charge is 0.317 e. The molecule has 0 aromatic carbocycles. The Bertz CT molecular complexity index is 352. The topological polar surface area (TPSA) is 87.7 Å². The van der Waals surface area contributed by atoms with Gasteiger partial charge in [0.2, 0.25) is 0 Å². The number of carbonyl (C=O) groups is 2. The van der Waals surface area contributed by atoms with Crippen LogP contribution in [0.4, 0.5) is 4.79 Å². The van der Waals surface area contributed by atoms with Gasteiger partial charge < -0.3 is 20.5 Å². The second-order valence-corrected chi connectivity index (χ2v) is 5.90. The van der Waals surface area contributed by atoms with Gasteiger partial charge in [0.15, 0.2) is 5.72 Å². The van der Waals surface area contributed by atoms with Crippen molar-refractivity contribution in [3.63, 3.8) is 0 Å². The zero-order valence-electron chi connectivity index (χ0n) is 10.3. The lowest BCUT2D eigenvalue weighted by Crippen LogP contribution is -2.50. The molecular formula is C11H18N2O4S. The highest BCUT2D eigenvalue weighted by molar-refractivity contribution is 8.00. The third-order valence-electron chi connectivity index (χ3n) is 3.37. The molecule has 2 aliphatic heterocycles. The quantitative estimate of drug-likeness (QED) is 0.379. The number of hydrogen-bond donors (Lipinski definition) is 3. The Morgan fingerprint density at radius 1 is 1.61 bits per heavy atom. The zero-order chi connectivity index (χ0) is 13.2. The first-order chi connectivity index (χ1) is 8.55. The van der Waals surface area contributed by atoms with Crippen molar-refractivity contribution < 1.29 is 19.4 Å². The fraction of sp³-hybridized carbons (Fsp3) is 0.818. The average molecular weight is 274 g/mol. The largest absolute Gasteiger partial charge is 0.469 e. The van der Waals surface area contributed by atoms with Gasteiger partial charge in [-0.2, -0.15) is 11.8 Å². The normalized spacial score (nSPS) is 33.8. The molecule has 7 heteroatoms. The van der Waals surface area contributed by atoms with E-state index >= 15 is 0 Å². The molecular weight excluding hydrogens is 256 g/mol. The van der Waals surface area contributed by atoms with Crippen molar-refractivity contribution in [2.24, 2.45) is 0 Å². The standard InChI is InChI=1S/C11H18N2O4S/c1-17-8(14)5-3-2-4-7-9-11(16,6-18-7)13-10(15)12-9/h7,9,16H,2-6H2,1H3,(H2,12,13,15). The van der Waals surface area contributed by atoms with E-state index in [0.717, 1.165) is 19.3 Å². The van der Waals surface area contributed by atoms with Crippen LogP contribution >= 0.6 is 11.8 Å². The molecule has 0 aliphatic carbocycles. The van der Waals surface area contributed by atoms with Crippen LogP contribution in [0.5, 0.6) is 0 Å². The van der Waals surface area contributed by atoms with Gasteiger partial charge in [0.1, 0.15) is 0 Å². The molecule has 2 amide bonds. The van der Waals surface area contributed by atoms with Crippen LogP contribution in [0.25, 0.3) is 0 Å². The van der Waals surface area contributed by atoms with Gasteiger partial charge in [-0.25, -0.2) is 4.79 Å². The van der Waals surface area contributed by atoms with Crippen LogP contribution < -0.4 is 10.6 Å². The van der Waals surface area contributed by atoms with Crippen molar-refractivity contribution >= 4 is 23.8 Å². The van der Waals surface area contributed by atoms with E-state index in [0.29, 0.717) is 12.2 Å². The first-order valence-corrected chi connectivity index (χ1v) is 7.09. The summed E-state index contributed by atoms with van der Waals surface area (Å²) >= 11 is 1.66. The average Bonchev–Trinajstić information content (AvgIpc) is 2.77. The summed E-state index contributed by atoms with van der Waals surface area (Å²) in [5.41, 5.74) is -1.10. The first-order valence-electron chi connectivity index (χ1n) is 6.04. The molecule has 102 valence electrons. The number of methoxy groups -OCH3 is 1. The van der Waals surface area contributed by atoms with Crippen LogP contribution in [0.15, 0.2) is 0 Å². The lowest BCUT2D eigenvalue weighted by Gasteiger charge is -2.22. The Labute approximate surface area is 110 Å². The lowest BCUT2D eigenvalue weighted by molar-refractivity contribution is -0.140. The monoisotopic (exact) mass is 274 g/mol. The Balaban J connectivity index is 1.74. The number of unbranched alkanes of at least 4 members (excludes halogenated alkanes) is 1. The van der Waals surface area contributed by atoms with Gasteiger partial charge in [-0.1, -0.05) is 6.42 Å². The molecule has 0 aromatic rings. The van der Waals surface area contributed by atoms with E-state index in [1.165, 1.54) is 7.11 Å². The van der Waals surface area contributed by atoms with Gasteiger partial charge in [0, 0.05) is 17.4 Å². The highest BCUT2D eigenvalue weighted by atomic mass is 32.2. The van der Waals surface area contributed by atoms with Gasteiger partial charge in [0.05, 0.1) is 13.2 Å². The maximum atomic E-state index is 11.2. The highest BCUT2D eigenvalue weighted by Crippen LogP contribution is 2.38. The molecule has 0 radical (unpaired) electrons. The van der Waals surface area contributed by atoms with Crippen molar-refractivity contribution in [1.82, 2.24) is 10.6 Å². The van der Waals surface area contributed by atoms with E-state index in [4.69, 9.17) is 0 Å². The number of esters is 1. The van der Waals surface area contributed by atoms with Gasteiger partial charge >= 0.3 is 12.0 Å². The number of urea groups is 1. The zero-order valence-corrected chi connectivity index (χ0v) is 11.1. The third kappa shape index (κ3) is 2.72. The molecule has 2 aliphatic rings. The first kappa shape index (κ1) is 13.5. The van der Waals surface area contributed by atoms with Crippen molar-refractivity contribution in [3.8, 4) is 0 Å². The molecule has 3 atom stereocenters. The summed E-state index contributed by atoms with van der Waals surface area (Å²) in [6.45, 7) is 0. The second kappa shape index (κ2) is 5.36. The number of thioether (sulfide) groups is 1. The van der Waals surface area contributed by atoms with Crippen LogP contribution in [0.2, 0.25) is 0 Å². The minimum Gasteiger partial charge on any atom is -0.469 e. The number of aliphatic hydroxyl groups is 1. The van der Waals surface area contributed by atoms with Crippen LogP contribution in [-0.4, -0.2) is 47.0 Å². The molecule has 0 aromatic heterocycles. The van der Waals surface area contributed by atoms with E-state index in [1.54, 1.807) is 11.8 Å². The molecule has 0 saturated carbocycles. The van der Waals surface area contributed by atoms with Gasteiger partial charge in [-0.3, -0.25) is 4.79 Å². The number of nitrogens with one attached hydrogen (secondary N) is 2. The van der Waals surface area contributed by atoms with Crippen molar-refractivity contribution in [3.05, 3.63) is 0 Å². The van der Waals surface area contributed by atoms with E-state index in [2.05, 4.69) is 15.4 Å². The van der Waals surface area contributed by atoms with Crippen LogP contribution in [0, 0.1) is 0 Å². The van der Waals surface area contributed by atoms with Gasteiger partial charge in [-0.05, 0) is 12.8 Å². The molecule has 0 spiro atoms. The highest BCUT2D eigenvalue weighted by Gasteiger charge is 2.53. The van der Waals surface area contributed by atoms with E-state index in [9.17, 15) is 14.7 Å². The van der Waals surface area contributed by atoms with Crippen LogP contribution in [-0.2, 0) is 9.53 Å². The molecule has 2 rings (SSSR count). The third-order valence-corrected chi connectivity index (χ3v) is 4.91. The number of ether oxygens (including phenoxy) is 1. The Morgan fingerprint density at radius 3 is 3.11 bits per heavy atom. The number of rotatable bonds is 5. The predicted octanol–water partition coefficient (Wildman–Crippen LogP) is 0.205. The van der Waals surface area contributed by atoms with Gasteiger partial charge in [-0.15, -0.1) is 0 Å². The number of hydrogen-bond acceptors (Lipinski definition) is 5. The summed E-state index contributed by atoms with van der Waals surface area (Å²) in [4.78, 5) is 22.2. The molecule has 3 N–H and O–H groups in total. The maximum Gasteiger partial charge on any atom is 0.317 e. The summed E-state index contributed by atoms with van der Waals surface area (Å²) in [6, 6.07) is -0.532. The minimum absolute atomic E-state index is 0.193. The Morgan fingerprint density at radius 2 is 2.39 bits per heavy atom. The molecule has 3 unspecified atom stereocenters. The summed E-state index contributed by atoms with van der Waals surface area (Å²) in [6.07, 6.45) is 2.95. The Hall–Kier alpha value is -0.950. The van der Waals surface area contributed by atoms with E-state index in [-0.39, 0.29) is 23.3 Å². The number of fused-ring (bicyclic) bond motifs is 1. The predicted molar refractivity (Wildman–Crippen MR) is 67.1 cm³/mol. The lowest BCUT2D eigenvalue weighted by atomic mass is 10.0.